The lowest BCUT2D eigenvalue weighted by Gasteiger charge is -2.10. The molecule has 0 radical (unpaired) electrons. The predicted molar refractivity (Wildman–Crippen MR) is 80.7 cm³/mol. The van der Waals surface area contributed by atoms with Crippen LogP contribution in [0.25, 0.3) is 0 Å². The maximum Gasteiger partial charge on any atom is 0.126 e. The molecule has 0 saturated heterocycles. The molecule has 0 bridgehead atoms. The van der Waals surface area contributed by atoms with Crippen LogP contribution in [0, 0.1) is 12.7 Å². The van der Waals surface area contributed by atoms with Gasteiger partial charge in [-0.3, -0.25) is 0 Å². The third kappa shape index (κ3) is 3.98. The third-order valence-electron chi connectivity index (χ3n) is 3.03. The minimum atomic E-state index is -0.163. The van der Waals surface area contributed by atoms with E-state index in [0.29, 0.717) is 12.1 Å². The van der Waals surface area contributed by atoms with Crippen molar-refractivity contribution in [2.24, 2.45) is 0 Å². The molecule has 0 unspecified atom stereocenters. The molecule has 2 aromatic rings. The van der Waals surface area contributed by atoms with Crippen LogP contribution < -0.4 is 10.1 Å². The van der Waals surface area contributed by atoms with E-state index in [4.69, 9.17) is 4.74 Å². The van der Waals surface area contributed by atoms with Gasteiger partial charge in [0.05, 0.1) is 6.61 Å². The van der Waals surface area contributed by atoms with Crippen LogP contribution >= 0.6 is 0 Å². The molecular weight excluding hydrogens is 253 g/mol. The van der Waals surface area contributed by atoms with E-state index in [1.807, 2.05) is 30.3 Å². The Hall–Kier alpha value is -2.03. The van der Waals surface area contributed by atoms with E-state index in [1.165, 1.54) is 6.07 Å². The first kappa shape index (κ1) is 14.4. The molecule has 2 nitrogen and oxygen atoms in total. The Kier molecular flexibility index (Phi) is 4.99. The van der Waals surface area contributed by atoms with Crippen LogP contribution in [0.1, 0.15) is 24.5 Å². The molecule has 0 aromatic heterocycles. The number of rotatable bonds is 6. The van der Waals surface area contributed by atoms with Gasteiger partial charge in [-0.25, -0.2) is 4.39 Å². The maximum absolute atomic E-state index is 13.2. The summed E-state index contributed by atoms with van der Waals surface area (Å²) >= 11 is 0. The van der Waals surface area contributed by atoms with Crippen LogP contribution in [0.3, 0.4) is 0 Å². The fourth-order valence-corrected chi connectivity index (χ4v) is 1.94. The summed E-state index contributed by atoms with van der Waals surface area (Å²) in [5, 5.41) is 3.32. The first-order valence-electron chi connectivity index (χ1n) is 6.91. The lowest BCUT2D eigenvalue weighted by atomic mass is 10.1. The van der Waals surface area contributed by atoms with Crippen molar-refractivity contribution in [3.8, 4) is 5.75 Å². The van der Waals surface area contributed by atoms with Gasteiger partial charge >= 0.3 is 0 Å². The summed E-state index contributed by atoms with van der Waals surface area (Å²) in [5.74, 6) is 0.704. The van der Waals surface area contributed by atoms with Crippen LogP contribution in [0.15, 0.2) is 42.5 Å². The van der Waals surface area contributed by atoms with Gasteiger partial charge in [-0.05, 0) is 42.7 Å². The van der Waals surface area contributed by atoms with Crippen LogP contribution in [0.4, 0.5) is 10.1 Å². The Morgan fingerprint density at radius 1 is 1.15 bits per heavy atom. The fraction of sp³-hybridized carbons (Fsp3) is 0.294. The van der Waals surface area contributed by atoms with Crippen LogP contribution in [-0.2, 0) is 6.54 Å². The zero-order chi connectivity index (χ0) is 14.4. The molecule has 0 fully saturated rings. The Morgan fingerprint density at radius 2 is 2.00 bits per heavy atom. The second kappa shape index (κ2) is 6.94. The topological polar surface area (TPSA) is 21.3 Å². The summed E-state index contributed by atoms with van der Waals surface area (Å²) in [6.45, 7) is 5.25. The summed E-state index contributed by atoms with van der Waals surface area (Å²) in [5.41, 5.74) is 2.73. The molecule has 106 valence electrons. The smallest absolute Gasteiger partial charge is 0.126 e. The molecule has 0 atom stereocenters. The van der Waals surface area contributed by atoms with Crippen LogP contribution in [-0.4, -0.2) is 6.61 Å². The van der Waals surface area contributed by atoms with Crippen LogP contribution in [0.2, 0.25) is 0 Å². The van der Waals surface area contributed by atoms with Gasteiger partial charge in [-0.15, -0.1) is 0 Å². The lowest BCUT2D eigenvalue weighted by Crippen LogP contribution is -2.01. The minimum Gasteiger partial charge on any atom is -0.494 e. The molecule has 20 heavy (non-hydrogen) atoms. The van der Waals surface area contributed by atoms with Gasteiger partial charge in [-0.1, -0.05) is 25.1 Å². The SMILES string of the molecule is CCCOc1cccc(NCc2ccc(F)c(C)c2)c1. The highest BCUT2D eigenvalue weighted by atomic mass is 19.1. The average molecular weight is 273 g/mol. The highest BCUT2D eigenvalue weighted by Crippen LogP contribution is 2.18. The molecule has 0 amide bonds. The Balaban J connectivity index is 1.97. The number of benzene rings is 2. The first-order valence-corrected chi connectivity index (χ1v) is 6.91. The number of anilines is 1. The quantitative estimate of drug-likeness (QED) is 0.834. The van der Waals surface area contributed by atoms with Gasteiger partial charge in [0.2, 0.25) is 0 Å². The zero-order valence-corrected chi connectivity index (χ0v) is 11.9. The Morgan fingerprint density at radius 3 is 2.75 bits per heavy atom. The molecule has 0 aliphatic carbocycles. The van der Waals surface area contributed by atoms with E-state index >= 15 is 0 Å². The summed E-state index contributed by atoms with van der Waals surface area (Å²) in [4.78, 5) is 0. The maximum atomic E-state index is 13.2. The molecule has 0 heterocycles. The van der Waals surface area contributed by atoms with Crippen molar-refractivity contribution in [2.75, 3.05) is 11.9 Å². The van der Waals surface area contributed by atoms with E-state index in [9.17, 15) is 4.39 Å². The Bertz CT molecular complexity index is 569. The number of hydrogen-bond donors (Lipinski definition) is 1. The van der Waals surface area contributed by atoms with Crippen molar-refractivity contribution < 1.29 is 9.13 Å². The molecule has 0 aliphatic rings. The summed E-state index contributed by atoms with van der Waals surface area (Å²) in [7, 11) is 0. The van der Waals surface area contributed by atoms with E-state index in [0.717, 1.165) is 30.0 Å². The molecule has 0 spiro atoms. The van der Waals surface area contributed by atoms with E-state index in [2.05, 4.69) is 12.2 Å². The highest BCUT2D eigenvalue weighted by Gasteiger charge is 2.00. The number of aryl methyl sites for hydroxylation is 1. The summed E-state index contributed by atoms with van der Waals surface area (Å²) < 4.78 is 18.8. The molecule has 1 N–H and O–H groups in total. The minimum absolute atomic E-state index is 0.163. The van der Waals surface area contributed by atoms with Crippen molar-refractivity contribution in [2.45, 2.75) is 26.8 Å². The monoisotopic (exact) mass is 273 g/mol. The normalized spacial score (nSPS) is 10.3. The molecule has 2 aromatic carbocycles. The molecule has 0 saturated carbocycles. The van der Waals surface area contributed by atoms with Gasteiger partial charge in [0.25, 0.3) is 0 Å². The lowest BCUT2D eigenvalue weighted by molar-refractivity contribution is 0.317. The van der Waals surface area contributed by atoms with Crippen molar-refractivity contribution in [1.82, 2.24) is 0 Å². The number of halogens is 1. The fourth-order valence-electron chi connectivity index (χ4n) is 1.94. The van der Waals surface area contributed by atoms with Gasteiger partial charge in [0, 0.05) is 18.3 Å². The number of nitrogens with one attached hydrogen (secondary N) is 1. The molecule has 0 aliphatic heterocycles. The van der Waals surface area contributed by atoms with Crippen LogP contribution in [0.5, 0.6) is 5.75 Å². The van der Waals surface area contributed by atoms with Gasteiger partial charge in [0.1, 0.15) is 11.6 Å². The van der Waals surface area contributed by atoms with Crippen molar-refractivity contribution >= 4 is 5.69 Å². The summed E-state index contributed by atoms with van der Waals surface area (Å²) in [6, 6.07) is 13.0. The van der Waals surface area contributed by atoms with Gasteiger partial charge in [0.15, 0.2) is 0 Å². The standard InChI is InChI=1S/C17H20FNO/c1-3-9-20-16-6-4-5-15(11-16)19-12-14-7-8-17(18)13(2)10-14/h4-8,10-11,19H,3,9,12H2,1-2H3. The zero-order valence-electron chi connectivity index (χ0n) is 11.9. The summed E-state index contributed by atoms with van der Waals surface area (Å²) in [6.07, 6.45) is 0.993. The predicted octanol–water partition coefficient (Wildman–Crippen LogP) is 4.54. The molecule has 2 rings (SSSR count). The molecule has 3 heteroatoms. The average Bonchev–Trinajstić information content (AvgIpc) is 2.47. The van der Waals surface area contributed by atoms with E-state index in [-0.39, 0.29) is 5.82 Å². The Labute approximate surface area is 119 Å². The second-order valence-corrected chi connectivity index (χ2v) is 4.81. The van der Waals surface area contributed by atoms with E-state index < -0.39 is 0 Å². The number of hydrogen-bond acceptors (Lipinski definition) is 2. The largest absolute Gasteiger partial charge is 0.494 e. The second-order valence-electron chi connectivity index (χ2n) is 4.81. The van der Waals surface area contributed by atoms with Crippen molar-refractivity contribution in [3.05, 3.63) is 59.4 Å². The first-order chi connectivity index (χ1) is 9.69. The van der Waals surface area contributed by atoms with Gasteiger partial charge in [-0.2, -0.15) is 0 Å². The molecular formula is C17H20FNO. The third-order valence-corrected chi connectivity index (χ3v) is 3.03. The number of ether oxygens (including phenoxy) is 1. The van der Waals surface area contributed by atoms with E-state index in [1.54, 1.807) is 13.0 Å². The highest BCUT2D eigenvalue weighted by molar-refractivity contribution is 5.48. The van der Waals surface area contributed by atoms with Crippen molar-refractivity contribution in [3.63, 3.8) is 0 Å². The van der Waals surface area contributed by atoms with Crippen molar-refractivity contribution in [1.29, 1.82) is 0 Å². The van der Waals surface area contributed by atoms with Gasteiger partial charge < -0.3 is 10.1 Å².